The van der Waals surface area contributed by atoms with Crippen LogP contribution in [0.2, 0.25) is 0 Å². The smallest absolute Gasteiger partial charge is 0.240 e. The number of hydrogen-bond donors (Lipinski definition) is 2. The Morgan fingerprint density at radius 2 is 2.04 bits per heavy atom. The summed E-state index contributed by atoms with van der Waals surface area (Å²) in [4.78, 5) is 12.2. The van der Waals surface area contributed by atoms with Crippen LogP contribution in [0.3, 0.4) is 0 Å². The van der Waals surface area contributed by atoms with E-state index in [0.717, 1.165) is 23.4 Å². The Morgan fingerprint density at radius 1 is 1.28 bits per heavy atom. The molecular weight excluding hydrogens is 360 g/mol. The van der Waals surface area contributed by atoms with Gasteiger partial charge in [-0.05, 0) is 38.3 Å². The van der Waals surface area contributed by atoms with Gasteiger partial charge in [0.15, 0.2) is 0 Å². The van der Waals surface area contributed by atoms with Gasteiger partial charge in [0.1, 0.15) is 5.01 Å². The molecule has 134 valence electrons. The fraction of sp³-hybridized carbons (Fsp3) is 0.438. The van der Waals surface area contributed by atoms with Gasteiger partial charge in [0, 0.05) is 18.9 Å². The number of anilines is 1. The number of nitrogens with zero attached hydrogens (tertiary/aromatic N) is 2. The van der Waals surface area contributed by atoms with Crippen LogP contribution in [0.1, 0.15) is 41.3 Å². The third-order valence-corrected chi connectivity index (χ3v) is 6.50. The molecule has 1 aromatic carbocycles. The predicted octanol–water partition coefficient (Wildman–Crippen LogP) is 2.34. The summed E-state index contributed by atoms with van der Waals surface area (Å²) in [6.07, 6.45) is 2.29. The Balaban J connectivity index is 1.51. The maximum Gasteiger partial charge on any atom is 0.240 e. The van der Waals surface area contributed by atoms with Crippen molar-refractivity contribution in [2.75, 3.05) is 11.9 Å². The van der Waals surface area contributed by atoms with Crippen molar-refractivity contribution in [3.05, 3.63) is 34.3 Å². The first-order valence-corrected chi connectivity index (χ1v) is 10.4. The molecule has 0 bridgehead atoms. The minimum absolute atomic E-state index is 0.0236. The van der Waals surface area contributed by atoms with Gasteiger partial charge in [-0.3, -0.25) is 4.79 Å². The molecule has 1 aliphatic rings. The number of sulfonamides is 1. The molecule has 0 aliphatic heterocycles. The van der Waals surface area contributed by atoms with Crippen molar-refractivity contribution in [3.63, 3.8) is 0 Å². The summed E-state index contributed by atoms with van der Waals surface area (Å²) in [5.41, 5.74) is 1.68. The average molecular weight is 380 g/mol. The maximum atomic E-state index is 12.3. The number of hydrogen-bond acceptors (Lipinski definition) is 6. The third kappa shape index (κ3) is 4.62. The molecule has 3 rings (SSSR count). The van der Waals surface area contributed by atoms with Crippen molar-refractivity contribution >= 4 is 32.4 Å². The number of amides is 1. The van der Waals surface area contributed by atoms with E-state index in [1.54, 1.807) is 19.1 Å². The van der Waals surface area contributed by atoms with Gasteiger partial charge in [0.05, 0.1) is 4.90 Å². The van der Waals surface area contributed by atoms with Gasteiger partial charge < -0.3 is 5.32 Å². The fourth-order valence-electron chi connectivity index (χ4n) is 2.44. The Bertz CT molecular complexity index is 889. The molecule has 0 atom stereocenters. The lowest BCUT2D eigenvalue weighted by Gasteiger charge is -2.09. The molecule has 7 nitrogen and oxygen atoms in total. The zero-order valence-corrected chi connectivity index (χ0v) is 15.7. The lowest BCUT2D eigenvalue weighted by Crippen LogP contribution is -2.28. The monoisotopic (exact) mass is 380 g/mol. The van der Waals surface area contributed by atoms with E-state index in [1.165, 1.54) is 11.3 Å². The molecule has 0 radical (unpaired) electrons. The van der Waals surface area contributed by atoms with E-state index in [1.807, 2.05) is 13.0 Å². The normalized spacial score (nSPS) is 14.5. The topological polar surface area (TPSA) is 101 Å². The van der Waals surface area contributed by atoms with Gasteiger partial charge in [0.2, 0.25) is 21.1 Å². The van der Waals surface area contributed by atoms with Gasteiger partial charge in [-0.1, -0.05) is 29.0 Å². The quantitative estimate of drug-likeness (QED) is 0.768. The first kappa shape index (κ1) is 18.0. The van der Waals surface area contributed by atoms with Crippen LogP contribution < -0.4 is 10.0 Å². The van der Waals surface area contributed by atoms with Crippen LogP contribution in [0.15, 0.2) is 23.1 Å². The Kier molecular flexibility index (Phi) is 5.16. The Morgan fingerprint density at radius 3 is 2.72 bits per heavy atom. The van der Waals surface area contributed by atoms with Gasteiger partial charge in [-0.2, -0.15) is 0 Å². The molecule has 1 aromatic heterocycles. The van der Waals surface area contributed by atoms with Crippen molar-refractivity contribution in [2.24, 2.45) is 0 Å². The van der Waals surface area contributed by atoms with Crippen LogP contribution >= 0.6 is 11.3 Å². The van der Waals surface area contributed by atoms with E-state index >= 15 is 0 Å². The summed E-state index contributed by atoms with van der Waals surface area (Å²) in [6, 6.07) is 5.14. The zero-order chi connectivity index (χ0) is 18.0. The minimum Gasteiger partial charge on any atom is -0.300 e. The number of carbonyl (C=O) groups is 1. The highest BCUT2D eigenvalue weighted by molar-refractivity contribution is 7.89. The third-order valence-electron chi connectivity index (χ3n) is 3.88. The van der Waals surface area contributed by atoms with E-state index in [9.17, 15) is 13.2 Å². The van der Waals surface area contributed by atoms with Crippen molar-refractivity contribution in [1.82, 2.24) is 14.9 Å². The summed E-state index contributed by atoms with van der Waals surface area (Å²) in [5, 5.41) is 12.1. The number of aryl methyl sites for hydroxylation is 2. The molecule has 1 heterocycles. The molecule has 1 saturated carbocycles. The van der Waals surface area contributed by atoms with Crippen LogP contribution in [-0.2, 0) is 14.8 Å². The molecule has 9 heteroatoms. The van der Waals surface area contributed by atoms with E-state index in [4.69, 9.17) is 0 Å². The Hall–Kier alpha value is -1.84. The summed E-state index contributed by atoms with van der Waals surface area (Å²) >= 11 is 1.38. The predicted molar refractivity (Wildman–Crippen MR) is 96.2 cm³/mol. The first-order chi connectivity index (χ1) is 11.8. The van der Waals surface area contributed by atoms with E-state index in [0.29, 0.717) is 16.6 Å². The summed E-state index contributed by atoms with van der Waals surface area (Å²) in [7, 11) is -3.63. The maximum absolute atomic E-state index is 12.3. The second-order valence-corrected chi connectivity index (χ2v) is 8.93. The van der Waals surface area contributed by atoms with Crippen molar-refractivity contribution in [2.45, 2.75) is 43.9 Å². The van der Waals surface area contributed by atoms with E-state index in [2.05, 4.69) is 20.2 Å². The Labute approximate surface area is 150 Å². The minimum atomic E-state index is -3.63. The van der Waals surface area contributed by atoms with Crippen LogP contribution in [0.25, 0.3) is 0 Å². The molecule has 1 aliphatic carbocycles. The van der Waals surface area contributed by atoms with Gasteiger partial charge in [-0.15, -0.1) is 10.2 Å². The summed E-state index contributed by atoms with van der Waals surface area (Å²) < 4.78 is 27.1. The van der Waals surface area contributed by atoms with Crippen LogP contribution in [-0.4, -0.2) is 31.1 Å². The first-order valence-electron chi connectivity index (χ1n) is 8.05. The number of nitrogens with one attached hydrogen (secondary N) is 2. The van der Waals surface area contributed by atoms with Crippen molar-refractivity contribution in [1.29, 1.82) is 0 Å². The molecule has 1 fully saturated rings. The van der Waals surface area contributed by atoms with Gasteiger partial charge in [-0.25, -0.2) is 13.1 Å². The lowest BCUT2D eigenvalue weighted by atomic mass is 10.2. The van der Waals surface area contributed by atoms with Gasteiger partial charge >= 0.3 is 0 Å². The highest BCUT2D eigenvalue weighted by Crippen LogP contribution is 2.42. The molecule has 0 saturated heterocycles. The van der Waals surface area contributed by atoms with Crippen LogP contribution in [0, 0.1) is 13.8 Å². The van der Waals surface area contributed by atoms with Crippen LogP contribution in [0.5, 0.6) is 0 Å². The molecule has 2 aromatic rings. The van der Waals surface area contributed by atoms with E-state index < -0.39 is 10.0 Å². The second kappa shape index (κ2) is 7.19. The van der Waals surface area contributed by atoms with Crippen molar-refractivity contribution < 1.29 is 13.2 Å². The summed E-state index contributed by atoms with van der Waals surface area (Å²) in [6.45, 7) is 3.68. The van der Waals surface area contributed by atoms with Crippen LogP contribution in [0.4, 0.5) is 5.13 Å². The fourth-order valence-corrected chi connectivity index (χ4v) is 4.62. The molecule has 25 heavy (non-hydrogen) atoms. The SMILES string of the molecule is Cc1ccc(S(=O)(=O)NCCC(=O)Nc2nnc(C3CC3)s2)c(C)c1. The van der Waals surface area contributed by atoms with Gasteiger partial charge in [0.25, 0.3) is 0 Å². The molecule has 2 N–H and O–H groups in total. The average Bonchev–Trinajstić information content (AvgIpc) is 3.27. The number of rotatable bonds is 7. The highest BCUT2D eigenvalue weighted by Gasteiger charge is 2.27. The summed E-state index contributed by atoms with van der Waals surface area (Å²) in [5.74, 6) is 0.203. The van der Waals surface area contributed by atoms with Crippen molar-refractivity contribution in [3.8, 4) is 0 Å². The molecule has 0 spiro atoms. The highest BCUT2D eigenvalue weighted by atomic mass is 32.2. The number of benzene rings is 1. The lowest BCUT2D eigenvalue weighted by molar-refractivity contribution is -0.116. The largest absolute Gasteiger partial charge is 0.300 e. The molecule has 0 unspecified atom stereocenters. The number of carbonyl (C=O) groups excluding carboxylic acids is 1. The second-order valence-electron chi connectivity index (χ2n) is 6.18. The van der Waals surface area contributed by atoms with E-state index in [-0.39, 0.29) is 23.8 Å². The molecular formula is C16H20N4O3S2. The number of aromatic nitrogens is 2. The standard InChI is InChI=1S/C16H20N4O3S2/c1-10-3-6-13(11(2)9-10)25(22,23)17-8-7-14(21)18-16-20-19-15(24-16)12-4-5-12/h3,6,9,12,17H,4-5,7-8H2,1-2H3,(H,18,20,21). The molecule has 1 amide bonds. The zero-order valence-electron chi connectivity index (χ0n) is 14.1.